The van der Waals surface area contributed by atoms with Crippen LogP contribution in [0.3, 0.4) is 0 Å². The number of ether oxygens (including phenoxy) is 1. The summed E-state index contributed by atoms with van der Waals surface area (Å²) < 4.78 is 5.49. The number of carboxylic acid groups (broad SMARTS) is 1. The molecule has 4 nitrogen and oxygen atoms in total. The molecule has 0 amide bonds. The van der Waals surface area contributed by atoms with Crippen molar-refractivity contribution in [2.75, 3.05) is 6.61 Å². The Kier molecular flexibility index (Phi) is 3.13. The molecule has 1 N–H and O–H groups in total. The van der Waals surface area contributed by atoms with Crippen molar-refractivity contribution in [1.29, 1.82) is 0 Å². The maximum atomic E-state index is 10.9. The molecule has 0 radical (unpaired) electrons. The lowest BCUT2D eigenvalue weighted by molar-refractivity contribution is -0.139. The van der Waals surface area contributed by atoms with Gasteiger partial charge < -0.3 is 9.84 Å². The zero-order chi connectivity index (χ0) is 12.4. The molecule has 0 aliphatic carbocycles. The first kappa shape index (κ1) is 11.6. The highest BCUT2D eigenvalue weighted by Gasteiger charge is 2.22. The van der Waals surface area contributed by atoms with E-state index in [0.29, 0.717) is 13.0 Å². The van der Waals surface area contributed by atoms with E-state index in [9.17, 15) is 4.79 Å². The van der Waals surface area contributed by atoms with Crippen molar-refractivity contribution in [2.24, 2.45) is 10.9 Å². The monoisotopic (exact) mass is 233 g/mol. The molecule has 17 heavy (non-hydrogen) atoms. The first-order chi connectivity index (χ1) is 8.13. The average molecular weight is 233 g/mol. The first-order valence-electron chi connectivity index (χ1n) is 5.65. The summed E-state index contributed by atoms with van der Waals surface area (Å²) in [5.41, 5.74) is 2.80. The standard InChI is InChI=1S/C13H15NO3/c1-3-17-11-5-4-9-6-10(13(15)16)7-14-12(9)8(11)2/h4-5,7,10H,3,6H2,1-2H3,(H,15,16). The number of fused-ring (bicyclic) bond motifs is 1. The Morgan fingerprint density at radius 3 is 3.00 bits per heavy atom. The van der Waals surface area contributed by atoms with Crippen molar-refractivity contribution in [3.05, 3.63) is 23.3 Å². The molecule has 0 spiro atoms. The van der Waals surface area contributed by atoms with Gasteiger partial charge in [0, 0.05) is 11.8 Å². The van der Waals surface area contributed by atoms with Crippen LogP contribution >= 0.6 is 0 Å². The molecular weight excluding hydrogens is 218 g/mol. The maximum absolute atomic E-state index is 10.9. The minimum Gasteiger partial charge on any atom is -0.494 e. The summed E-state index contributed by atoms with van der Waals surface area (Å²) in [7, 11) is 0. The number of benzene rings is 1. The van der Waals surface area contributed by atoms with Crippen LogP contribution in [0.4, 0.5) is 5.69 Å². The molecule has 1 aliphatic rings. The summed E-state index contributed by atoms with van der Waals surface area (Å²) in [4.78, 5) is 15.2. The fourth-order valence-electron chi connectivity index (χ4n) is 2.00. The van der Waals surface area contributed by atoms with Gasteiger partial charge in [-0.05, 0) is 31.9 Å². The Morgan fingerprint density at radius 2 is 2.35 bits per heavy atom. The van der Waals surface area contributed by atoms with E-state index < -0.39 is 11.9 Å². The fourth-order valence-corrected chi connectivity index (χ4v) is 2.00. The average Bonchev–Trinajstić information content (AvgIpc) is 2.32. The second-order valence-electron chi connectivity index (χ2n) is 4.06. The number of rotatable bonds is 3. The zero-order valence-electron chi connectivity index (χ0n) is 9.93. The summed E-state index contributed by atoms with van der Waals surface area (Å²) in [6, 6.07) is 3.79. The summed E-state index contributed by atoms with van der Waals surface area (Å²) in [5.74, 6) is -0.525. The molecule has 90 valence electrons. The highest BCUT2D eigenvalue weighted by molar-refractivity contribution is 5.92. The first-order valence-corrected chi connectivity index (χ1v) is 5.65. The molecule has 0 aromatic heterocycles. The van der Waals surface area contributed by atoms with E-state index >= 15 is 0 Å². The van der Waals surface area contributed by atoms with Crippen LogP contribution in [-0.4, -0.2) is 23.9 Å². The fraction of sp³-hybridized carbons (Fsp3) is 0.385. The number of carboxylic acids is 1. The molecule has 0 saturated heterocycles. The molecule has 1 atom stereocenters. The minimum atomic E-state index is -0.828. The van der Waals surface area contributed by atoms with Crippen LogP contribution in [0.25, 0.3) is 0 Å². The lowest BCUT2D eigenvalue weighted by Crippen LogP contribution is -2.20. The van der Waals surface area contributed by atoms with Gasteiger partial charge >= 0.3 is 5.97 Å². The molecule has 0 fully saturated rings. The largest absolute Gasteiger partial charge is 0.494 e. The van der Waals surface area contributed by atoms with E-state index in [0.717, 1.165) is 22.6 Å². The predicted molar refractivity (Wildman–Crippen MR) is 65.3 cm³/mol. The third-order valence-corrected chi connectivity index (χ3v) is 2.91. The molecule has 1 aliphatic heterocycles. The van der Waals surface area contributed by atoms with E-state index in [4.69, 9.17) is 9.84 Å². The molecule has 0 bridgehead atoms. The minimum absolute atomic E-state index is 0.501. The summed E-state index contributed by atoms with van der Waals surface area (Å²) in [5, 5.41) is 8.96. The molecule has 0 saturated carbocycles. The van der Waals surface area contributed by atoms with Gasteiger partial charge in [0.1, 0.15) is 5.75 Å². The van der Waals surface area contributed by atoms with Crippen LogP contribution in [0.1, 0.15) is 18.1 Å². The lowest BCUT2D eigenvalue weighted by Gasteiger charge is -2.18. The van der Waals surface area contributed by atoms with Gasteiger partial charge in [0.05, 0.1) is 18.2 Å². The Balaban J connectivity index is 2.37. The molecule has 4 heteroatoms. The Bertz CT molecular complexity index is 480. The predicted octanol–water partition coefficient (Wildman–Crippen LogP) is 2.35. The molecule has 1 aromatic rings. The van der Waals surface area contributed by atoms with Crippen LogP contribution in [0.2, 0.25) is 0 Å². The van der Waals surface area contributed by atoms with E-state index in [1.54, 1.807) is 0 Å². The number of nitrogens with zero attached hydrogens (tertiary/aromatic N) is 1. The smallest absolute Gasteiger partial charge is 0.312 e. The molecular formula is C13H15NO3. The molecule has 1 heterocycles. The summed E-state index contributed by atoms with van der Waals surface area (Å²) >= 11 is 0. The van der Waals surface area contributed by atoms with Crippen molar-refractivity contribution >= 4 is 17.9 Å². The summed E-state index contributed by atoms with van der Waals surface area (Å²) in [6.45, 7) is 4.49. The van der Waals surface area contributed by atoms with Gasteiger partial charge in [0.25, 0.3) is 0 Å². The second kappa shape index (κ2) is 4.57. The normalized spacial score (nSPS) is 17.6. The van der Waals surface area contributed by atoms with Crippen LogP contribution in [-0.2, 0) is 11.2 Å². The molecule has 1 unspecified atom stereocenters. The van der Waals surface area contributed by atoms with E-state index in [1.165, 1.54) is 6.21 Å². The van der Waals surface area contributed by atoms with Crippen molar-refractivity contribution in [1.82, 2.24) is 0 Å². The molecule has 1 aromatic carbocycles. The topological polar surface area (TPSA) is 58.9 Å². The van der Waals surface area contributed by atoms with E-state index in [1.807, 2.05) is 26.0 Å². The van der Waals surface area contributed by atoms with Crippen LogP contribution in [0, 0.1) is 12.8 Å². The highest BCUT2D eigenvalue weighted by Crippen LogP contribution is 2.35. The number of hydrogen-bond donors (Lipinski definition) is 1. The Morgan fingerprint density at radius 1 is 1.59 bits per heavy atom. The van der Waals surface area contributed by atoms with Gasteiger partial charge in [-0.1, -0.05) is 6.07 Å². The van der Waals surface area contributed by atoms with Crippen LogP contribution < -0.4 is 4.74 Å². The number of carbonyl (C=O) groups is 1. The SMILES string of the molecule is CCOc1ccc2c(c1C)N=CC(C(=O)O)C2. The number of hydrogen-bond acceptors (Lipinski definition) is 3. The van der Waals surface area contributed by atoms with Crippen molar-refractivity contribution in [3.63, 3.8) is 0 Å². The van der Waals surface area contributed by atoms with Crippen LogP contribution in [0.15, 0.2) is 17.1 Å². The van der Waals surface area contributed by atoms with Gasteiger partial charge in [0.2, 0.25) is 0 Å². The van der Waals surface area contributed by atoms with Crippen molar-refractivity contribution < 1.29 is 14.6 Å². The van der Waals surface area contributed by atoms with Gasteiger partial charge in [-0.15, -0.1) is 0 Å². The van der Waals surface area contributed by atoms with Crippen molar-refractivity contribution in [2.45, 2.75) is 20.3 Å². The summed E-state index contributed by atoms with van der Waals surface area (Å²) in [6.07, 6.45) is 2.01. The third kappa shape index (κ3) is 2.16. The van der Waals surface area contributed by atoms with Gasteiger partial charge in [-0.25, -0.2) is 0 Å². The lowest BCUT2D eigenvalue weighted by atomic mass is 9.94. The number of aliphatic carboxylic acids is 1. The van der Waals surface area contributed by atoms with Crippen LogP contribution in [0.5, 0.6) is 5.75 Å². The van der Waals surface area contributed by atoms with Gasteiger partial charge in [-0.2, -0.15) is 0 Å². The zero-order valence-corrected chi connectivity index (χ0v) is 9.93. The quantitative estimate of drug-likeness (QED) is 0.871. The van der Waals surface area contributed by atoms with E-state index in [-0.39, 0.29) is 0 Å². The second-order valence-corrected chi connectivity index (χ2v) is 4.06. The number of aliphatic imine (C=N–C) groups is 1. The van der Waals surface area contributed by atoms with Crippen molar-refractivity contribution in [3.8, 4) is 5.75 Å². The van der Waals surface area contributed by atoms with Gasteiger partial charge in [-0.3, -0.25) is 9.79 Å². The Hall–Kier alpha value is -1.84. The highest BCUT2D eigenvalue weighted by atomic mass is 16.5. The third-order valence-electron chi connectivity index (χ3n) is 2.91. The van der Waals surface area contributed by atoms with E-state index in [2.05, 4.69) is 4.99 Å². The van der Waals surface area contributed by atoms with Gasteiger partial charge in [0.15, 0.2) is 0 Å². The maximum Gasteiger partial charge on any atom is 0.312 e. The Labute approximate surface area is 99.9 Å². The molecule has 2 rings (SSSR count).